The second-order valence-electron chi connectivity index (χ2n) is 7.83. The van der Waals surface area contributed by atoms with Gasteiger partial charge in [0, 0.05) is 31.0 Å². The Kier molecular flexibility index (Phi) is 9.81. The summed E-state index contributed by atoms with van der Waals surface area (Å²) in [5, 5.41) is 5.83. The van der Waals surface area contributed by atoms with Crippen molar-refractivity contribution in [3.05, 3.63) is 35.4 Å². The van der Waals surface area contributed by atoms with Gasteiger partial charge in [0.25, 0.3) is 0 Å². The maximum atomic E-state index is 12.1. The Balaban J connectivity index is 0.00000364. The standard InChI is InChI=1S/C21H33N3O2.ClH/c1-14(2)16-8-10-17(11-9-16)19(22)13-23-20(25)12-15(3)24-21(26)18-6-4-5-7-18;/h8-11,14-15,18-19H,4-7,12-13,22H2,1-3H3,(H,23,25)(H,24,26);1H. The van der Waals surface area contributed by atoms with E-state index in [-0.39, 0.29) is 48.6 Å². The van der Waals surface area contributed by atoms with Crippen LogP contribution in [0.5, 0.6) is 0 Å². The highest BCUT2D eigenvalue weighted by Gasteiger charge is 2.24. The summed E-state index contributed by atoms with van der Waals surface area (Å²) in [6, 6.07) is 7.82. The van der Waals surface area contributed by atoms with Crippen molar-refractivity contribution in [3.63, 3.8) is 0 Å². The van der Waals surface area contributed by atoms with Crippen LogP contribution in [0.4, 0.5) is 0 Å². The van der Waals surface area contributed by atoms with E-state index in [2.05, 4.69) is 36.6 Å². The molecule has 0 radical (unpaired) electrons. The Morgan fingerprint density at radius 3 is 2.19 bits per heavy atom. The summed E-state index contributed by atoms with van der Waals surface area (Å²) in [5.41, 5.74) is 8.47. The van der Waals surface area contributed by atoms with Crippen LogP contribution in [0.1, 0.15) is 76.0 Å². The summed E-state index contributed by atoms with van der Waals surface area (Å²) >= 11 is 0. The minimum absolute atomic E-state index is 0. The molecule has 2 unspecified atom stereocenters. The van der Waals surface area contributed by atoms with E-state index >= 15 is 0 Å². The van der Waals surface area contributed by atoms with E-state index in [0.717, 1.165) is 31.2 Å². The average Bonchev–Trinajstić information content (AvgIpc) is 3.14. The molecule has 1 fully saturated rings. The van der Waals surface area contributed by atoms with Crippen LogP contribution in [-0.2, 0) is 9.59 Å². The van der Waals surface area contributed by atoms with Gasteiger partial charge in [0.2, 0.25) is 11.8 Å². The Labute approximate surface area is 169 Å². The molecule has 152 valence electrons. The van der Waals surface area contributed by atoms with Crippen molar-refractivity contribution in [3.8, 4) is 0 Å². The number of carbonyl (C=O) groups excluding carboxylic acids is 2. The van der Waals surface area contributed by atoms with Gasteiger partial charge in [-0.3, -0.25) is 9.59 Å². The SMILES string of the molecule is CC(CC(=O)NCC(N)c1ccc(C(C)C)cc1)NC(=O)C1CCCC1.Cl. The van der Waals surface area contributed by atoms with E-state index in [0.29, 0.717) is 12.5 Å². The molecule has 0 heterocycles. The molecule has 0 spiro atoms. The molecule has 0 aromatic heterocycles. The predicted octanol–water partition coefficient (Wildman–Crippen LogP) is 3.43. The van der Waals surface area contributed by atoms with E-state index in [1.807, 2.05) is 19.1 Å². The molecule has 0 saturated heterocycles. The number of hydrogen-bond donors (Lipinski definition) is 3. The summed E-state index contributed by atoms with van der Waals surface area (Å²) in [4.78, 5) is 24.2. The van der Waals surface area contributed by atoms with E-state index in [1.165, 1.54) is 5.56 Å². The number of halogens is 1. The van der Waals surface area contributed by atoms with Crippen LogP contribution >= 0.6 is 12.4 Å². The first-order valence-corrected chi connectivity index (χ1v) is 9.79. The van der Waals surface area contributed by atoms with Crippen LogP contribution in [0.3, 0.4) is 0 Å². The smallest absolute Gasteiger partial charge is 0.223 e. The van der Waals surface area contributed by atoms with Crippen molar-refractivity contribution in [1.29, 1.82) is 0 Å². The molecular formula is C21H34ClN3O2. The quantitative estimate of drug-likeness (QED) is 0.630. The molecule has 2 atom stereocenters. The summed E-state index contributed by atoms with van der Waals surface area (Å²) in [5.74, 6) is 0.617. The molecule has 1 aromatic carbocycles. The molecule has 1 saturated carbocycles. The van der Waals surface area contributed by atoms with Crippen molar-refractivity contribution >= 4 is 24.2 Å². The van der Waals surface area contributed by atoms with Gasteiger partial charge in [-0.2, -0.15) is 0 Å². The van der Waals surface area contributed by atoms with Crippen LogP contribution in [-0.4, -0.2) is 24.4 Å². The first kappa shape index (κ1) is 23.4. The minimum atomic E-state index is -0.233. The van der Waals surface area contributed by atoms with Gasteiger partial charge < -0.3 is 16.4 Å². The van der Waals surface area contributed by atoms with E-state index in [1.54, 1.807) is 0 Å². The topological polar surface area (TPSA) is 84.2 Å². The third-order valence-corrected chi connectivity index (χ3v) is 5.16. The van der Waals surface area contributed by atoms with Crippen LogP contribution in [0.25, 0.3) is 0 Å². The molecular weight excluding hydrogens is 362 g/mol. The third kappa shape index (κ3) is 7.51. The van der Waals surface area contributed by atoms with Crippen molar-refractivity contribution in [1.82, 2.24) is 10.6 Å². The number of carbonyl (C=O) groups is 2. The zero-order valence-electron chi connectivity index (χ0n) is 16.7. The number of rotatable bonds is 8. The zero-order chi connectivity index (χ0) is 19.1. The highest BCUT2D eigenvalue weighted by atomic mass is 35.5. The Morgan fingerprint density at radius 1 is 1.07 bits per heavy atom. The molecule has 1 aliphatic carbocycles. The molecule has 5 nitrogen and oxygen atoms in total. The zero-order valence-corrected chi connectivity index (χ0v) is 17.5. The van der Waals surface area contributed by atoms with Gasteiger partial charge >= 0.3 is 0 Å². The van der Waals surface area contributed by atoms with Crippen molar-refractivity contribution in [2.75, 3.05) is 6.54 Å². The van der Waals surface area contributed by atoms with Gasteiger partial charge in [0.15, 0.2) is 0 Å². The molecule has 1 aromatic rings. The van der Waals surface area contributed by atoms with Crippen molar-refractivity contribution in [2.24, 2.45) is 11.7 Å². The Bertz CT molecular complexity index is 598. The van der Waals surface area contributed by atoms with Crippen molar-refractivity contribution < 1.29 is 9.59 Å². The Hall–Kier alpha value is -1.59. The molecule has 0 aliphatic heterocycles. The maximum Gasteiger partial charge on any atom is 0.223 e. The fourth-order valence-corrected chi connectivity index (χ4v) is 3.42. The fraction of sp³-hybridized carbons (Fsp3) is 0.619. The molecule has 4 N–H and O–H groups in total. The number of nitrogens with two attached hydrogens (primary N) is 1. The van der Waals surface area contributed by atoms with Gasteiger partial charge in [-0.25, -0.2) is 0 Å². The monoisotopic (exact) mass is 395 g/mol. The molecule has 0 bridgehead atoms. The summed E-state index contributed by atoms with van der Waals surface area (Å²) in [7, 11) is 0. The number of amides is 2. The normalized spacial score (nSPS) is 16.5. The van der Waals surface area contributed by atoms with Crippen LogP contribution in [0, 0.1) is 5.92 Å². The first-order valence-electron chi connectivity index (χ1n) is 9.79. The lowest BCUT2D eigenvalue weighted by atomic mass is 9.99. The van der Waals surface area contributed by atoms with E-state index in [4.69, 9.17) is 5.73 Å². The number of hydrogen-bond acceptors (Lipinski definition) is 3. The lowest BCUT2D eigenvalue weighted by Crippen LogP contribution is -2.41. The van der Waals surface area contributed by atoms with Gasteiger partial charge in [0.05, 0.1) is 0 Å². The molecule has 2 rings (SSSR count). The fourth-order valence-electron chi connectivity index (χ4n) is 3.42. The van der Waals surface area contributed by atoms with Gasteiger partial charge in [-0.1, -0.05) is 51.0 Å². The average molecular weight is 396 g/mol. The second kappa shape index (κ2) is 11.3. The van der Waals surface area contributed by atoms with Crippen LogP contribution in [0.2, 0.25) is 0 Å². The summed E-state index contributed by atoms with van der Waals surface area (Å²) in [6.07, 6.45) is 4.47. The highest BCUT2D eigenvalue weighted by molar-refractivity contribution is 5.85. The maximum absolute atomic E-state index is 12.1. The van der Waals surface area contributed by atoms with Crippen molar-refractivity contribution in [2.45, 2.75) is 70.9 Å². The first-order chi connectivity index (χ1) is 12.4. The van der Waals surface area contributed by atoms with Crippen LogP contribution < -0.4 is 16.4 Å². The second-order valence-corrected chi connectivity index (χ2v) is 7.83. The predicted molar refractivity (Wildman–Crippen MR) is 112 cm³/mol. The van der Waals surface area contributed by atoms with Gasteiger partial charge in [0.1, 0.15) is 0 Å². The van der Waals surface area contributed by atoms with Gasteiger partial charge in [-0.15, -0.1) is 12.4 Å². The minimum Gasteiger partial charge on any atom is -0.354 e. The van der Waals surface area contributed by atoms with Crippen LogP contribution in [0.15, 0.2) is 24.3 Å². The molecule has 1 aliphatic rings. The molecule has 27 heavy (non-hydrogen) atoms. The Morgan fingerprint density at radius 2 is 1.63 bits per heavy atom. The van der Waals surface area contributed by atoms with Gasteiger partial charge in [-0.05, 0) is 36.8 Å². The lowest BCUT2D eigenvalue weighted by molar-refractivity contribution is -0.126. The number of benzene rings is 1. The van der Waals surface area contributed by atoms with E-state index in [9.17, 15) is 9.59 Å². The highest BCUT2D eigenvalue weighted by Crippen LogP contribution is 2.24. The number of nitrogens with one attached hydrogen (secondary N) is 2. The largest absolute Gasteiger partial charge is 0.354 e. The third-order valence-electron chi connectivity index (χ3n) is 5.16. The van der Waals surface area contributed by atoms with E-state index < -0.39 is 0 Å². The lowest BCUT2D eigenvalue weighted by Gasteiger charge is -2.18. The summed E-state index contributed by atoms with van der Waals surface area (Å²) < 4.78 is 0. The molecule has 2 amide bonds. The summed E-state index contributed by atoms with van der Waals surface area (Å²) in [6.45, 7) is 6.57. The molecule has 6 heteroatoms.